The first-order chi connectivity index (χ1) is 6.74. The Kier molecular flexibility index (Phi) is 4.90. The van der Waals surface area contributed by atoms with Crippen LogP contribution in [0.3, 0.4) is 0 Å². The second kappa shape index (κ2) is 5.98. The third kappa shape index (κ3) is 3.64. The van der Waals surface area contributed by atoms with Crippen LogP contribution in [0, 0.1) is 0 Å². The highest BCUT2D eigenvalue weighted by molar-refractivity contribution is 6.30. The smallest absolute Gasteiger partial charge is 0.181 e. The quantitative estimate of drug-likeness (QED) is 0.582. The molecule has 1 aromatic carbocycles. The van der Waals surface area contributed by atoms with E-state index < -0.39 is 6.29 Å². The summed E-state index contributed by atoms with van der Waals surface area (Å²) in [5, 5.41) is 18.6. The van der Waals surface area contributed by atoms with Crippen molar-refractivity contribution < 1.29 is 14.9 Å². The topological polar surface area (TPSA) is 49.7 Å². The van der Waals surface area contributed by atoms with Gasteiger partial charge in [-0.25, -0.2) is 0 Å². The van der Waals surface area contributed by atoms with Gasteiger partial charge in [-0.2, -0.15) is 0 Å². The lowest BCUT2D eigenvalue weighted by molar-refractivity contribution is -0.105. The lowest BCUT2D eigenvalue weighted by Gasteiger charge is -2.11. The normalized spacial score (nSPS) is 12.8. The second-order valence-corrected chi connectivity index (χ2v) is 3.29. The van der Waals surface area contributed by atoms with Crippen LogP contribution >= 0.6 is 11.6 Å². The summed E-state index contributed by atoms with van der Waals surface area (Å²) in [6.07, 6.45) is -0.460. The highest BCUT2D eigenvalue weighted by atomic mass is 35.5. The van der Waals surface area contributed by atoms with Gasteiger partial charge in [-0.3, -0.25) is 0 Å². The summed E-state index contributed by atoms with van der Waals surface area (Å²) >= 11 is 5.74. The van der Waals surface area contributed by atoms with E-state index >= 15 is 0 Å². The maximum absolute atomic E-state index is 9.51. The molecule has 2 N–H and O–H groups in total. The predicted octanol–water partition coefficient (Wildman–Crippen LogP) is 1.73. The Morgan fingerprint density at radius 3 is 2.86 bits per heavy atom. The van der Waals surface area contributed by atoms with Gasteiger partial charge in [0.2, 0.25) is 0 Å². The molecule has 3 nitrogen and oxygen atoms in total. The van der Waals surface area contributed by atoms with Crippen LogP contribution in [-0.4, -0.2) is 23.4 Å². The van der Waals surface area contributed by atoms with E-state index in [1.165, 1.54) is 0 Å². The monoisotopic (exact) mass is 216 g/mol. The van der Waals surface area contributed by atoms with Crippen molar-refractivity contribution in [1.82, 2.24) is 0 Å². The van der Waals surface area contributed by atoms with Crippen molar-refractivity contribution in [2.75, 3.05) is 13.2 Å². The average molecular weight is 217 g/mol. The van der Waals surface area contributed by atoms with Crippen LogP contribution in [0.5, 0.6) is 0 Å². The maximum atomic E-state index is 9.51. The van der Waals surface area contributed by atoms with Crippen molar-refractivity contribution in [1.29, 1.82) is 0 Å². The number of hydrogen-bond acceptors (Lipinski definition) is 3. The van der Waals surface area contributed by atoms with Crippen LogP contribution in [0.1, 0.15) is 18.3 Å². The molecule has 0 heterocycles. The maximum Gasteiger partial charge on any atom is 0.181 e. The van der Waals surface area contributed by atoms with Gasteiger partial charge in [0.25, 0.3) is 0 Å². The Labute approximate surface area is 87.9 Å². The van der Waals surface area contributed by atoms with Crippen LogP contribution in [0.15, 0.2) is 24.3 Å². The highest BCUT2D eigenvalue weighted by Crippen LogP contribution is 2.18. The number of rotatable bonds is 5. The summed E-state index contributed by atoms with van der Waals surface area (Å²) in [5.41, 5.74) is 0.621. The van der Waals surface area contributed by atoms with E-state index in [-0.39, 0.29) is 6.61 Å². The van der Waals surface area contributed by atoms with E-state index in [0.717, 1.165) is 0 Å². The van der Waals surface area contributed by atoms with Crippen LogP contribution in [0.25, 0.3) is 0 Å². The molecule has 1 atom stereocenters. The van der Waals surface area contributed by atoms with Gasteiger partial charge < -0.3 is 14.9 Å². The minimum absolute atomic E-state index is 0.0578. The van der Waals surface area contributed by atoms with Crippen LogP contribution < -0.4 is 0 Å². The molecule has 1 rings (SSSR count). The zero-order chi connectivity index (χ0) is 10.4. The molecule has 0 fully saturated rings. The first-order valence-electron chi connectivity index (χ1n) is 4.40. The van der Waals surface area contributed by atoms with E-state index in [0.29, 0.717) is 23.6 Å². The van der Waals surface area contributed by atoms with Gasteiger partial charge in [0.1, 0.15) is 0 Å². The number of aliphatic hydroxyl groups is 2. The Morgan fingerprint density at radius 2 is 2.21 bits per heavy atom. The van der Waals surface area contributed by atoms with Gasteiger partial charge in [0, 0.05) is 17.2 Å². The average Bonchev–Trinajstić information content (AvgIpc) is 2.18. The molecule has 0 aromatic heterocycles. The molecule has 0 aliphatic carbocycles. The fourth-order valence-electron chi connectivity index (χ4n) is 1.02. The zero-order valence-electron chi connectivity index (χ0n) is 7.69. The predicted molar refractivity (Wildman–Crippen MR) is 54.1 cm³/mol. The molecular formula is C10H13ClO3. The van der Waals surface area contributed by atoms with Gasteiger partial charge in [-0.05, 0) is 18.6 Å². The largest absolute Gasteiger partial charge is 0.396 e. The molecule has 14 heavy (non-hydrogen) atoms. The Morgan fingerprint density at radius 1 is 1.43 bits per heavy atom. The fraction of sp³-hybridized carbons (Fsp3) is 0.400. The standard InChI is InChI=1S/C10H13ClO3/c11-9-4-1-3-8(7-9)10(13)14-6-2-5-12/h1,3-4,7,10,12-13H,2,5-6H2. The van der Waals surface area contributed by atoms with E-state index in [1.54, 1.807) is 24.3 Å². The molecular weight excluding hydrogens is 204 g/mol. The SMILES string of the molecule is OCCCOC(O)c1cccc(Cl)c1. The minimum atomic E-state index is -0.972. The third-order valence-electron chi connectivity index (χ3n) is 1.71. The molecule has 0 saturated heterocycles. The van der Waals surface area contributed by atoms with Crippen LogP contribution in [-0.2, 0) is 4.74 Å². The number of halogens is 1. The summed E-state index contributed by atoms with van der Waals surface area (Å²) in [4.78, 5) is 0. The lowest BCUT2D eigenvalue weighted by atomic mass is 10.2. The molecule has 0 amide bonds. The van der Waals surface area contributed by atoms with Crippen LogP contribution in [0.2, 0.25) is 5.02 Å². The summed E-state index contributed by atoms with van der Waals surface area (Å²) in [7, 11) is 0. The van der Waals surface area contributed by atoms with E-state index in [4.69, 9.17) is 21.4 Å². The Balaban J connectivity index is 2.47. The Hall–Kier alpha value is -0.610. The molecule has 0 aliphatic heterocycles. The van der Waals surface area contributed by atoms with Crippen molar-refractivity contribution in [2.24, 2.45) is 0 Å². The second-order valence-electron chi connectivity index (χ2n) is 2.86. The third-order valence-corrected chi connectivity index (χ3v) is 1.95. The van der Waals surface area contributed by atoms with Crippen molar-refractivity contribution >= 4 is 11.6 Å². The van der Waals surface area contributed by atoms with Crippen molar-refractivity contribution in [2.45, 2.75) is 12.7 Å². The van der Waals surface area contributed by atoms with Gasteiger partial charge in [0.05, 0.1) is 6.61 Å². The van der Waals surface area contributed by atoms with Gasteiger partial charge in [-0.1, -0.05) is 23.7 Å². The van der Waals surface area contributed by atoms with Crippen molar-refractivity contribution in [3.8, 4) is 0 Å². The molecule has 1 unspecified atom stereocenters. The summed E-state index contributed by atoms with van der Waals surface area (Å²) in [5.74, 6) is 0. The molecule has 0 spiro atoms. The van der Waals surface area contributed by atoms with Gasteiger partial charge in [-0.15, -0.1) is 0 Å². The summed E-state index contributed by atoms with van der Waals surface area (Å²) in [6.45, 7) is 0.381. The minimum Gasteiger partial charge on any atom is -0.396 e. The lowest BCUT2D eigenvalue weighted by Crippen LogP contribution is -2.05. The first kappa shape index (κ1) is 11.5. The zero-order valence-corrected chi connectivity index (χ0v) is 8.44. The number of ether oxygens (including phenoxy) is 1. The molecule has 1 aromatic rings. The van der Waals surface area contributed by atoms with E-state index in [9.17, 15) is 5.11 Å². The van der Waals surface area contributed by atoms with Crippen molar-refractivity contribution in [3.05, 3.63) is 34.9 Å². The van der Waals surface area contributed by atoms with E-state index in [2.05, 4.69) is 0 Å². The van der Waals surface area contributed by atoms with Gasteiger partial charge >= 0.3 is 0 Å². The van der Waals surface area contributed by atoms with Crippen LogP contribution in [0.4, 0.5) is 0 Å². The Bertz CT molecular complexity index is 278. The van der Waals surface area contributed by atoms with E-state index in [1.807, 2.05) is 0 Å². The summed E-state index contributed by atoms with van der Waals surface area (Å²) in [6, 6.07) is 6.85. The molecule has 4 heteroatoms. The molecule has 0 radical (unpaired) electrons. The number of benzene rings is 1. The molecule has 0 saturated carbocycles. The fourth-order valence-corrected chi connectivity index (χ4v) is 1.21. The first-order valence-corrected chi connectivity index (χ1v) is 4.78. The number of aliphatic hydroxyl groups excluding tert-OH is 2. The molecule has 0 bridgehead atoms. The molecule has 0 aliphatic rings. The summed E-state index contributed by atoms with van der Waals surface area (Å²) < 4.78 is 5.06. The van der Waals surface area contributed by atoms with Gasteiger partial charge in [0.15, 0.2) is 6.29 Å². The highest BCUT2D eigenvalue weighted by Gasteiger charge is 2.06. The number of hydrogen-bond donors (Lipinski definition) is 2. The van der Waals surface area contributed by atoms with Crippen molar-refractivity contribution in [3.63, 3.8) is 0 Å². The molecule has 78 valence electrons.